The molecule has 3 aromatic rings. The van der Waals surface area contributed by atoms with Crippen LogP contribution in [0.25, 0.3) is 10.8 Å². The number of esters is 2. The number of hydrogen-bond donors (Lipinski definition) is 0. The highest BCUT2D eigenvalue weighted by atomic mass is 32.2. The zero-order chi connectivity index (χ0) is 23.5. The van der Waals surface area contributed by atoms with Crippen LogP contribution in [0, 0.1) is 0 Å². The van der Waals surface area contributed by atoms with Crippen molar-refractivity contribution >= 4 is 34.5 Å². The first kappa shape index (κ1) is 22.6. The Kier molecular flexibility index (Phi) is 6.52. The van der Waals surface area contributed by atoms with Gasteiger partial charge in [0.05, 0.1) is 0 Å². The van der Waals surface area contributed by atoms with E-state index >= 15 is 0 Å². The topological polar surface area (TPSA) is 52.6 Å². The zero-order valence-electron chi connectivity index (χ0n) is 18.6. The lowest BCUT2D eigenvalue weighted by Gasteiger charge is -2.24. The van der Waals surface area contributed by atoms with Gasteiger partial charge in [-0.1, -0.05) is 73.5 Å². The van der Waals surface area contributed by atoms with Gasteiger partial charge in [0.2, 0.25) is 0 Å². The molecule has 0 N–H and O–H groups in total. The second-order valence-corrected chi connectivity index (χ2v) is 9.17. The van der Waals surface area contributed by atoms with E-state index in [4.69, 9.17) is 9.47 Å². The first-order valence-corrected chi connectivity index (χ1v) is 11.4. The molecular weight excluding hydrogens is 432 g/mol. The predicted molar refractivity (Wildman–Crippen MR) is 133 cm³/mol. The maximum absolute atomic E-state index is 12.5. The van der Waals surface area contributed by atoms with E-state index in [1.165, 1.54) is 0 Å². The van der Waals surface area contributed by atoms with Gasteiger partial charge >= 0.3 is 11.9 Å². The van der Waals surface area contributed by atoms with Crippen LogP contribution in [0.4, 0.5) is 0 Å². The number of allylic oxidation sites excluding steroid dienone is 2. The third-order valence-electron chi connectivity index (χ3n) is 5.29. The standard InChI is InChI=1S/C28H24O4S/c1-17(2)27(29)31-25-21-12-8-9-13-22(21)26(32-28(30)18(3)4)24-16-20(14-15-23(24)25)33-19-10-6-5-7-11-19/h5-14H,1,3,15-16H2,2,4H3. The van der Waals surface area contributed by atoms with Crippen molar-refractivity contribution in [1.82, 2.24) is 0 Å². The average molecular weight is 457 g/mol. The molecule has 0 bridgehead atoms. The lowest BCUT2D eigenvalue weighted by Crippen LogP contribution is -2.16. The summed E-state index contributed by atoms with van der Waals surface area (Å²) in [4.78, 5) is 27.2. The summed E-state index contributed by atoms with van der Waals surface area (Å²) in [6, 6.07) is 17.6. The van der Waals surface area contributed by atoms with Crippen molar-refractivity contribution in [3.05, 3.63) is 101 Å². The molecule has 4 rings (SSSR count). The summed E-state index contributed by atoms with van der Waals surface area (Å²) >= 11 is 1.67. The summed E-state index contributed by atoms with van der Waals surface area (Å²) < 4.78 is 11.7. The molecule has 0 fully saturated rings. The fraction of sp³-hybridized carbons (Fsp3) is 0.143. The quantitative estimate of drug-likeness (QED) is 0.238. The van der Waals surface area contributed by atoms with Crippen molar-refractivity contribution in [1.29, 1.82) is 0 Å². The summed E-state index contributed by atoms with van der Waals surface area (Å²) in [6.07, 6.45) is 3.24. The van der Waals surface area contributed by atoms with Gasteiger partial charge in [0, 0.05) is 44.4 Å². The van der Waals surface area contributed by atoms with E-state index in [0.717, 1.165) is 20.9 Å². The van der Waals surface area contributed by atoms with E-state index < -0.39 is 11.9 Å². The van der Waals surface area contributed by atoms with Gasteiger partial charge in [-0.25, -0.2) is 9.59 Å². The SMILES string of the molecule is C=C(C)C(=O)Oc1c2c(c(OC(=O)C(=C)C)c3ccccc13)CC(Sc1ccccc1)=CC2. The summed E-state index contributed by atoms with van der Waals surface area (Å²) in [5.74, 6) is 0.00930. The number of benzene rings is 3. The molecule has 5 heteroatoms. The fourth-order valence-corrected chi connectivity index (χ4v) is 4.63. The van der Waals surface area contributed by atoms with Crippen molar-refractivity contribution in [3.63, 3.8) is 0 Å². The Morgan fingerprint density at radius 1 is 0.788 bits per heavy atom. The van der Waals surface area contributed by atoms with Gasteiger partial charge in [-0.2, -0.15) is 0 Å². The molecular formula is C28H24O4S. The molecule has 166 valence electrons. The van der Waals surface area contributed by atoms with Gasteiger partial charge < -0.3 is 9.47 Å². The van der Waals surface area contributed by atoms with Gasteiger partial charge in [-0.3, -0.25) is 0 Å². The van der Waals surface area contributed by atoms with Crippen LogP contribution in [0.2, 0.25) is 0 Å². The average Bonchev–Trinajstić information content (AvgIpc) is 2.81. The van der Waals surface area contributed by atoms with Gasteiger partial charge in [-0.05, 0) is 37.3 Å². The highest BCUT2D eigenvalue weighted by molar-refractivity contribution is 8.03. The van der Waals surface area contributed by atoms with Gasteiger partial charge in [0.15, 0.2) is 0 Å². The maximum atomic E-state index is 12.5. The van der Waals surface area contributed by atoms with E-state index in [0.29, 0.717) is 46.3 Å². The van der Waals surface area contributed by atoms with Crippen LogP contribution in [-0.4, -0.2) is 11.9 Å². The highest BCUT2D eigenvalue weighted by Crippen LogP contribution is 2.46. The Labute approximate surface area is 197 Å². The van der Waals surface area contributed by atoms with E-state index in [-0.39, 0.29) is 0 Å². The molecule has 0 atom stereocenters. The molecule has 4 nitrogen and oxygen atoms in total. The van der Waals surface area contributed by atoms with E-state index in [2.05, 4.69) is 31.4 Å². The molecule has 0 amide bonds. The number of fused-ring (bicyclic) bond motifs is 2. The number of carbonyl (C=O) groups excluding carboxylic acids is 2. The van der Waals surface area contributed by atoms with Crippen molar-refractivity contribution in [3.8, 4) is 11.5 Å². The molecule has 0 heterocycles. The Morgan fingerprint density at radius 2 is 1.30 bits per heavy atom. The second kappa shape index (κ2) is 9.51. The van der Waals surface area contributed by atoms with E-state index in [1.807, 2.05) is 42.5 Å². The third kappa shape index (κ3) is 4.78. The van der Waals surface area contributed by atoms with Crippen molar-refractivity contribution in [2.75, 3.05) is 0 Å². The second-order valence-electron chi connectivity index (χ2n) is 7.97. The van der Waals surface area contributed by atoms with Crippen molar-refractivity contribution in [2.24, 2.45) is 0 Å². The van der Waals surface area contributed by atoms with Crippen LogP contribution in [0.1, 0.15) is 25.0 Å². The molecule has 33 heavy (non-hydrogen) atoms. The molecule has 1 aliphatic carbocycles. The minimum absolute atomic E-state index is 0.316. The van der Waals surface area contributed by atoms with Crippen LogP contribution >= 0.6 is 11.8 Å². The summed E-state index contributed by atoms with van der Waals surface area (Å²) in [5, 5.41) is 1.42. The van der Waals surface area contributed by atoms with Crippen LogP contribution in [0.15, 0.2) is 94.8 Å². The molecule has 0 aliphatic heterocycles. The summed E-state index contributed by atoms with van der Waals surface area (Å²) in [7, 11) is 0. The molecule has 0 spiro atoms. The Balaban J connectivity index is 1.87. The Morgan fingerprint density at radius 3 is 1.85 bits per heavy atom. The Bertz CT molecular complexity index is 1320. The molecule has 0 saturated carbocycles. The lowest BCUT2D eigenvalue weighted by atomic mass is 9.90. The first-order chi connectivity index (χ1) is 15.8. The van der Waals surface area contributed by atoms with Crippen LogP contribution in [-0.2, 0) is 22.4 Å². The minimum Gasteiger partial charge on any atom is -0.422 e. The number of rotatable bonds is 6. The summed E-state index contributed by atoms with van der Waals surface area (Å²) in [6.45, 7) is 10.7. The van der Waals surface area contributed by atoms with Gasteiger partial charge in [0.25, 0.3) is 0 Å². The van der Waals surface area contributed by atoms with Crippen molar-refractivity contribution in [2.45, 2.75) is 31.6 Å². The van der Waals surface area contributed by atoms with Crippen LogP contribution in [0.3, 0.4) is 0 Å². The molecule has 0 aromatic heterocycles. The van der Waals surface area contributed by atoms with E-state index in [1.54, 1.807) is 25.6 Å². The third-order valence-corrected chi connectivity index (χ3v) is 6.37. The van der Waals surface area contributed by atoms with Crippen molar-refractivity contribution < 1.29 is 19.1 Å². The molecule has 1 aliphatic rings. The minimum atomic E-state index is -0.485. The van der Waals surface area contributed by atoms with Gasteiger partial charge in [0.1, 0.15) is 11.5 Å². The predicted octanol–water partition coefficient (Wildman–Crippen LogP) is 6.58. The molecule has 3 aromatic carbocycles. The Hall–Kier alpha value is -3.57. The smallest absolute Gasteiger partial charge is 0.338 e. The monoisotopic (exact) mass is 456 g/mol. The molecule has 0 unspecified atom stereocenters. The van der Waals surface area contributed by atoms with Gasteiger partial charge in [-0.15, -0.1) is 0 Å². The maximum Gasteiger partial charge on any atom is 0.338 e. The lowest BCUT2D eigenvalue weighted by molar-refractivity contribution is -0.131. The number of ether oxygens (including phenoxy) is 2. The van der Waals surface area contributed by atoms with Crippen LogP contribution < -0.4 is 9.47 Å². The fourth-order valence-electron chi connectivity index (χ4n) is 3.65. The molecule has 0 saturated heterocycles. The molecule has 0 radical (unpaired) electrons. The highest BCUT2D eigenvalue weighted by Gasteiger charge is 2.27. The number of thioether (sulfide) groups is 1. The first-order valence-electron chi connectivity index (χ1n) is 10.6. The number of hydrogen-bond acceptors (Lipinski definition) is 5. The zero-order valence-corrected chi connectivity index (χ0v) is 19.5. The number of carbonyl (C=O) groups is 2. The largest absolute Gasteiger partial charge is 0.422 e. The normalized spacial score (nSPS) is 12.5. The summed E-state index contributed by atoms with van der Waals surface area (Å²) in [5.41, 5.74) is 2.31. The van der Waals surface area contributed by atoms with Crippen LogP contribution in [0.5, 0.6) is 11.5 Å². The van der Waals surface area contributed by atoms with E-state index in [9.17, 15) is 9.59 Å².